The van der Waals surface area contributed by atoms with Crippen molar-refractivity contribution in [2.45, 2.75) is 19.4 Å². The van der Waals surface area contributed by atoms with Crippen molar-refractivity contribution in [2.24, 2.45) is 0 Å². The predicted octanol–water partition coefficient (Wildman–Crippen LogP) is 1.30. The molecule has 7 heteroatoms. The molecule has 0 aliphatic carbocycles. The number of carbonyl (C=O) groups excluding carboxylic acids is 1. The lowest BCUT2D eigenvalue weighted by atomic mass is 10.2. The Kier molecular flexibility index (Phi) is 5.48. The molecule has 2 rings (SSSR count). The van der Waals surface area contributed by atoms with Crippen LogP contribution in [0, 0.1) is 0 Å². The molecule has 0 radical (unpaired) electrons. The molecular weight excluding hydrogens is 284 g/mol. The normalized spacial score (nSPS) is 12.0. The van der Waals surface area contributed by atoms with E-state index in [4.69, 9.17) is 9.52 Å². The highest BCUT2D eigenvalue weighted by atomic mass is 16.4. The van der Waals surface area contributed by atoms with Gasteiger partial charge in [0.05, 0.1) is 12.6 Å². The standard InChI is InChI=1S/C15H20N4O3/c1-11(10-20)19(2)15(21)16-9-8-13-17-18-14(22-13)12-6-4-3-5-7-12/h3-7,11,20H,8-10H2,1-2H3,(H,16,21). The Labute approximate surface area is 129 Å². The van der Waals surface area contributed by atoms with E-state index in [1.165, 1.54) is 4.90 Å². The van der Waals surface area contributed by atoms with Crippen LogP contribution in [-0.4, -0.2) is 52.5 Å². The average molecular weight is 304 g/mol. The number of amides is 2. The number of nitrogens with one attached hydrogen (secondary N) is 1. The van der Waals surface area contributed by atoms with Gasteiger partial charge in [0.2, 0.25) is 11.8 Å². The summed E-state index contributed by atoms with van der Waals surface area (Å²) in [4.78, 5) is 13.2. The van der Waals surface area contributed by atoms with Crippen LogP contribution >= 0.6 is 0 Å². The van der Waals surface area contributed by atoms with E-state index in [1.807, 2.05) is 30.3 Å². The van der Waals surface area contributed by atoms with Crippen molar-refractivity contribution in [3.63, 3.8) is 0 Å². The third-order valence-corrected chi connectivity index (χ3v) is 3.35. The first-order valence-electron chi connectivity index (χ1n) is 7.11. The molecule has 118 valence electrons. The Bertz CT molecular complexity index is 600. The zero-order valence-electron chi connectivity index (χ0n) is 12.7. The molecule has 1 aromatic carbocycles. The summed E-state index contributed by atoms with van der Waals surface area (Å²) in [7, 11) is 1.64. The molecule has 2 amide bonds. The van der Waals surface area contributed by atoms with E-state index in [2.05, 4.69) is 15.5 Å². The van der Waals surface area contributed by atoms with Gasteiger partial charge in [0, 0.05) is 25.6 Å². The van der Waals surface area contributed by atoms with Crippen molar-refractivity contribution >= 4 is 6.03 Å². The van der Waals surface area contributed by atoms with E-state index in [0.717, 1.165) is 5.56 Å². The van der Waals surface area contributed by atoms with E-state index in [1.54, 1.807) is 14.0 Å². The lowest BCUT2D eigenvalue weighted by Crippen LogP contribution is -2.44. The molecule has 7 nitrogen and oxygen atoms in total. The highest BCUT2D eigenvalue weighted by Crippen LogP contribution is 2.16. The van der Waals surface area contributed by atoms with Crippen molar-refractivity contribution in [3.8, 4) is 11.5 Å². The third kappa shape index (κ3) is 4.05. The first kappa shape index (κ1) is 16.0. The highest BCUT2D eigenvalue weighted by molar-refractivity contribution is 5.74. The van der Waals surface area contributed by atoms with E-state index in [0.29, 0.717) is 24.7 Å². The van der Waals surface area contributed by atoms with Gasteiger partial charge in [-0.3, -0.25) is 0 Å². The largest absolute Gasteiger partial charge is 0.421 e. The van der Waals surface area contributed by atoms with Gasteiger partial charge in [-0.05, 0) is 19.1 Å². The van der Waals surface area contributed by atoms with Crippen LogP contribution in [0.3, 0.4) is 0 Å². The topological polar surface area (TPSA) is 91.5 Å². The van der Waals surface area contributed by atoms with Crippen LogP contribution in [0.1, 0.15) is 12.8 Å². The molecular formula is C15H20N4O3. The number of aliphatic hydroxyl groups is 1. The minimum atomic E-state index is -0.246. The number of hydrogen-bond acceptors (Lipinski definition) is 5. The fourth-order valence-corrected chi connectivity index (χ4v) is 1.78. The van der Waals surface area contributed by atoms with Gasteiger partial charge in [-0.1, -0.05) is 18.2 Å². The number of benzene rings is 1. The number of likely N-dealkylation sites (N-methyl/N-ethyl adjacent to an activating group) is 1. The second-order valence-corrected chi connectivity index (χ2v) is 4.99. The van der Waals surface area contributed by atoms with Gasteiger partial charge in [0.15, 0.2) is 0 Å². The molecule has 0 aliphatic heterocycles. The number of urea groups is 1. The first-order valence-corrected chi connectivity index (χ1v) is 7.11. The Morgan fingerprint density at radius 1 is 1.36 bits per heavy atom. The average Bonchev–Trinajstić information content (AvgIpc) is 3.03. The fourth-order valence-electron chi connectivity index (χ4n) is 1.78. The van der Waals surface area contributed by atoms with Gasteiger partial charge in [-0.15, -0.1) is 10.2 Å². The first-order chi connectivity index (χ1) is 10.6. The maximum atomic E-state index is 11.8. The lowest BCUT2D eigenvalue weighted by molar-refractivity contribution is 0.157. The summed E-state index contributed by atoms with van der Waals surface area (Å²) in [5.74, 6) is 0.935. The molecule has 1 unspecified atom stereocenters. The van der Waals surface area contributed by atoms with Crippen LogP contribution in [0.15, 0.2) is 34.7 Å². The smallest absolute Gasteiger partial charge is 0.317 e. The van der Waals surface area contributed by atoms with Gasteiger partial charge in [-0.25, -0.2) is 4.79 Å². The van der Waals surface area contributed by atoms with Crippen LogP contribution in [0.5, 0.6) is 0 Å². The van der Waals surface area contributed by atoms with Crippen LogP contribution in [-0.2, 0) is 6.42 Å². The second kappa shape index (κ2) is 7.56. The van der Waals surface area contributed by atoms with Gasteiger partial charge >= 0.3 is 6.03 Å². The van der Waals surface area contributed by atoms with Gasteiger partial charge in [-0.2, -0.15) is 0 Å². The quantitative estimate of drug-likeness (QED) is 0.839. The maximum absolute atomic E-state index is 11.8. The van der Waals surface area contributed by atoms with Crippen molar-refractivity contribution in [1.29, 1.82) is 0 Å². The molecule has 0 saturated heterocycles. The Morgan fingerprint density at radius 2 is 2.09 bits per heavy atom. The third-order valence-electron chi connectivity index (χ3n) is 3.35. The zero-order valence-corrected chi connectivity index (χ0v) is 12.7. The molecule has 1 heterocycles. The minimum Gasteiger partial charge on any atom is -0.421 e. The summed E-state index contributed by atoms with van der Waals surface area (Å²) in [5, 5.41) is 19.7. The van der Waals surface area contributed by atoms with Crippen molar-refractivity contribution in [2.75, 3.05) is 20.2 Å². The summed E-state index contributed by atoms with van der Waals surface area (Å²) < 4.78 is 5.55. The number of hydrogen-bond donors (Lipinski definition) is 2. The number of rotatable bonds is 6. The summed E-state index contributed by atoms with van der Waals surface area (Å²) >= 11 is 0. The Hall–Kier alpha value is -2.41. The molecule has 0 spiro atoms. The number of nitrogens with zero attached hydrogens (tertiary/aromatic N) is 3. The van der Waals surface area contributed by atoms with Gasteiger partial charge in [0.25, 0.3) is 0 Å². The molecule has 2 N–H and O–H groups in total. The Balaban J connectivity index is 1.83. The van der Waals surface area contributed by atoms with E-state index in [-0.39, 0.29) is 18.7 Å². The molecule has 1 atom stereocenters. The molecule has 0 bridgehead atoms. The summed E-state index contributed by atoms with van der Waals surface area (Å²) in [6.07, 6.45) is 0.451. The van der Waals surface area contributed by atoms with Crippen molar-refractivity contribution in [1.82, 2.24) is 20.4 Å². The van der Waals surface area contributed by atoms with Crippen LogP contribution in [0.25, 0.3) is 11.5 Å². The zero-order chi connectivity index (χ0) is 15.9. The van der Waals surface area contributed by atoms with Crippen LogP contribution in [0.2, 0.25) is 0 Å². The molecule has 1 aromatic heterocycles. The van der Waals surface area contributed by atoms with Crippen LogP contribution < -0.4 is 5.32 Å². The van der Waals surface area contributed by atoms with Gasteiger partial charge in [0.1, 0.15) is 0 Å². The Morgan fingerprint density at radius 3 is 2.77 bits per heavy atom. The highest BCUT2D eigenvalue weighted by Gasteiger charge is 2.14. The number of carbonyl (C=O) groups is 1. The predicted molar refractivity (Wildman–Crippen MR) is 81.1 cm³/mol. The van der Waals surface area contributed by atoms with E-state index in [9.17, 15) is 4.79 Å². The summed E-state index contributed by atoms with van der Waals surface area (Å²) in [6, 6.07) is 9.03. The summed E-state index contributed by atoms with van der Waals surface area (Å²) in [5.41, 5.74) is 0.863. The number of aromatic nitrogens is 2. The lowest BCUT2D eigenvalue weighted by Gasteiger charge is -2.23. The fraction of sp³-hybridized carbons (Fsp3) is 0.400. The molecule has 22 heavy (non-hydrogen) atoms. The van der Waals surface area contributed by atoms with Crippen molar-refractivity contribution in [3.05, 3.63) is 36.2 Å². The molecule has 0 fully saturated rings. The van der Waals surface area contributed by atoms with E-state index < -0.39 is 0 Å². The SMILES string of the molecule is CC(CO)N(C)C(=O)NCCc1nnc(-c2ccccc2)o1. The summed E-state index contributed by atoms with van der Waals surface area (Å²) in [6.45, 7) is 2.08. The van der Waals surface area contributed by atoms with Crippen molar-refractivity contribution < 1.29 is 14.3 Å². The monoisotopic (exact) mass is 304 g/mol. The maximum Gasteiger partial charge on any atom is 0.317 e. The second-order valence-electron chi connectivity index (χ2n) is 4.99. The van der Waals surface area contributed by atoms with Gasteiger partial charge < -0.3 is 19.7 Å². The van der Waals surface area contributed by atoms with E-state index >= 15 is 0 Å². The number of aliphatic hydroxyl groups excluding tert-OH is 1. The van der Waals surface area contributed by atoms with Crippen LogP contribution in [0.4, 0.5) is 4.79 Å². The molecule has 2 aromatic rings. The molecule has 0 saturated carbocycles. The molecule has 0 aliphatic rings. The minimum absolute atomic E-state index is 0.0754.